The van der Waals surface area contributed by atoms with Gasteiger partial charge in [0.2, 0.25) is 0 Å². The van der Waals surface area contributed by atoms with E-state index >= 15 is 0 Å². The van der Waals surface area contributed by atoms with Crippen LogP contribution in [0, 0.1) is 0 Å². The first-order valence-corrected chi connectivity index (χ1v) is 10.9. The monoisotopic (exact) mass is 443 g/mol. The van der Waals surface area contributed by atoms with Crippen molar-refractivity contribution in [3.8, 4) is 16.2 Å². The number of ether oxygens (including phenoxy) is 1. The summed E-state index contributed by atoms with van der Waals surface area (Å²) in [4.78, 5) is 26.8. The molecule has 0 saturated carbocycles. The summed E-state index contributed by atoms with van der Waals surface area (Å²) in [6, 6.07) is 16.4. The SMILES string of the molecule is C=C(C(=O)c1ccc(NC(=O)[N+]2(C)C=CC=C2)cc1)c1cc(-c2cccs2)ccc1OC. The van der Waals surface area contributed by atoms with Crippen LogP contribution in [0.2, 0.25) is 0 Å². The fourth-order valence-corrected chi connectivity index (χ4v) is 4.15. The van der Waals surface area contributed by atoms with Crippen LogP contribution in [0.3, 0.4) is 0 Å². The third kappa shape index (κ3) is 4.19. The molecule has 0 unspecified atom stereocenters. The summed E-state index contributed by atoms with van der Waals surface area (Å²) in [6.45, 7) is 4.05. The molecule has 2 aromatic carbocycles. The fourth-order valence-electron chi connectivity index (χ4n) is 3.43. The summed E-state index contributed by atoms with van der Waals surface area (Å²) in [5.74, 6) is 0.394. The third-order valence-electron chi connectivity index (χ3n) is 5.34. The molecule has 0 spiro atoms. The van der Waals surface area contributed by atoms with Crippen molar-refractivity contribution in [1.82, 2.24) is 0 Å². The number of rotatable bonds is 6. The van der Waals surface area contributed by atoms with Gasteiger partial charge in [0.1, 0.15) is 18.1 Å². The number of allylic oxidation sites excluding steroid dienone is 3. The Hall–Kier alpha value is -3.74. The van der Waals surface area contributed by atoms with Gasteiger partial charge in [-0.1, -0.05) is 12.6 Å². The van der Waals surface area contributed by atoms with Gasteiger partial charge in [-0.2, -0.15) is 4.48 Å². The number of methoxy groups -OCH3 is 1. The summed E-state index contributed by atoms with van der Waals surface area (Å²) in [5.41, 5.74) is 3.11. The van der Waals surface area contributed by atoms with E-state index in [1.807, 2.05) is 47.9 Å². The van der Waals surface area contributed by atoms with Gasteiger partial charge in [0.05, 0.1) is 14.2 Å². The number of carbonyl (C=O) groups excluding carboxylic acids is 2. The normalized spacial score (nSPS) is 13.7. The topological polar surface area (TPSA) is 55.4 Å². The van der Waals surface area contributed by atoms with Crippen molar-refractivity contribution in [2.24, 2.45) is 0 Å². The Kier molecular flexibility index (Phi) is 5.90. The van der Waals surface area contributed by atoms with E-state index in [4.69, 9.17) is 4.74 Å². The largest absolute Gasteiger partial charge is 0.496 e. The van der Waals surface area contributed by atoms with Crippen LogP contribution in [-0.4, -0.2) is 30.5 Å². The van der Waals surface area contributed by atoms with Gasteiger partial charge in [0.25, 0.3) is 0 Å². The van der Waals surface area contributed by atoms with Gasteiger partial charge in [-0.3, -0.25) is 10.1 Å². The molecule has 0 aliphatic carbocycles. The molecule has 6 heteroatoms. The highest BCUT2D eigenvalue weighted by Gasteiger charge is 2.29. The first kappa shape index (κ1) is 21.5. The smallest absolute Gasteiger partial charge is 0.430 e. The Morgan fingerprint density at radius 2 is 1.75 bits per heavy atom. The second kappa shape index (κ2) is 8.78. The lowest BCUT2D eigenvalue weighted by Gasteiger charge is -2.20. The molecule has 32 heavy (non-hydrogen) atoms. The van der Waals surface area contributed by atoms with Crippen LogP contribution >= 0.6 is 11.3 Å². The lowest BCUT2D eigenvalue weighted by atomic mass is 9.95. The number of Topliss-reactive ketones (excluding diaryl/α,β-unsaturated/α-hetero) is 1. The van der Waals surface area contributed by atoms with Crippen molar-refractivity contribution in [1.29, 1.82) is 0 Å². The molecule has 1 aliphatic heterocycles. The standard InChI is InChI=1S/C26H22N2O3S/c1-18(22-17-20(10-13-23(22)31-3)24-7-6-16-32-24)25(29)19-8-11-21(12-9-19)27-26(30)28(2)14-4-5-15-28/h4-17H,1H2,2-3H3/p+1. The molecular formula is C26H23N2O3S+. The molecule has 0 fully saturated rings. The fraction of sp³-hybridized carbons (Fsp3) is 0.0769. The molecule has 0 bridgehead atoms. The van der Waals surface area contributed by atoms with Crippen LogP contribution in [0.5, 0.6) is 5.75 Å². The van der Waals surface area contributed by atoms with Gasteiger partial charge in [-0.05, 0) is 71.6 Å². The Morgan fingerprint density at radius 1 is 1.03 bits per heavy atom. The molecule has 1 aromatic heterocycles. The predicted octanol–water partition coefficient (Wildman–Crippen LogP) is 6.34. The molecule has 4 rings (SSSR count). The average Bonchev–Trinajstić information content (AvgIpc) is 3.51. The highest BCUT2D eigenvalue weighted by atomic mass is 32.1. The highest BCUT2D eigenvalue weighted by Crippen LogP contribution is 2.34. The van der Waals surface area contributed by atoms with Gasteiger partial charge in [0, 0.05) is 27.3 Å². The molecular weight excluding hydrogens is 420 g/mol. The molecule has 160 valence electrons. The van der Waals surface area contributed by atoms with Gasteiger partial charge in [0.15, 0.2) is 5.78 Å². The number of hydrogen-bond acceptors (Lipinski definition) is 4. The average molecular weight is 444 g/mol. The van der Waals surface area contributed by atoms with Crippen molar-refractivity contribution < 1.29 is 18.8 Å². The van der Waals surface area contributed by atoms with Crippen molar-refractivity contribution >= 4 is 34.4 Å². The first-order valence-electron chi connectivity index (χ1n) is 10.0. The predicted molar refractivity (Wildman–Crippen MR) is 130 cm³/mol. The van der Waals surface area contributed by atoms with E-state index in [-0.39, 0.29) is 16.3 Å². The number of anilines is 1. The van der Waals surface area contributed by atoms with Gasteiger partial charge < -0.3 is 4.74 Å². The molecule has 2 amide bonds. The second-order valence-corrected chi connectivity index (χ2v) is 8.49. The maximum atomic E-state index is 13.1. The molecule has 1 aliphatic rings. The minimum absolute atomic E-state index is 0.0395. The molecule has 0 atom stereocenters. The maximum absolute atomic E-state index is 13.1. The maximum Gasteiger partial charge on any atom is 0.430 e. The minimum Gasteiger partial charge on any atom is -0.496 e. The van der Waals surface area contributed by atoms with E-state index < -0.39 is 0 Å². The number of carbonyl (C=O) groups is 2. The van der Waals surface area contributed by atoms with E-state index in [0.29, 0.717) is 28.1 Å². The number of amides is 2. The van der Waals surface area contributed by atoms with E-state index in [9.17, 15) is 9.59 Å². The summed E-state index contributed by atoms with van der Waals surface area (Å²) in [7, 11) is 3.36. The van der Waals surface area contributed by atoms with Crippen LogP contribution in [-0.2, 0) is 0 Å². The molecule has 1 N–H and O–H groups in total. The zero-order valence-corrected chi connectivity index (χ0v) is 18.7. The third-order valence-corrected chi connectivity index (χ3v) is 6.26. The van der Waals surface area contributed by atoms with Crippen LogP contribution in [0.15, 0.2) is 91.1 Å². The Balaban J connectivity index is 1.54. The summed E-state index contributed by atoms with van der Waals surface area (Å²) in [6.07, 6.45) is 7.23. The Bertz CT molecular complexity index is 1230. The quantitative estimate of drug-likeness (QED) is 0.275. The highest BCUT2D eigenvalue weighted by molar-refractivity contribution is 7.13. The summed E-state index contributed by atoms with van der Waals surface area (Å²) >= 11 is 1.63. The van der Waals surface area contributed by atoms with Crippen molar-refractivity contribution in [2.45, 2.75) is 0 Å². The Morgan fingerprint density at radius 3 is 2.38 bits per heavy atom. The van der Waals surface area contributed by atoms with Gasteiger partial charge in [-0.15, -0.1) is 11.3 Å². The van der Waals surface area contributed by atoms with Crippen molar-refractivity contribution in [3.05, 3.63) is 102 Å². The second-order valence-electron chi connectivity index (χ2n) is 7.54. The van der Waals surface area contributed by atoms with Crippen LogP contribution in [0.1, 0.15) is 15.9 Å². The number of urea groups is 1. The number of nitrogens with zero attached hydrogens (tertiary/aromatic N) is 1. The molecule has 0 saturated heterocycles. The van der Waals surface area contributed by atoms with Crippen LogP contribution in [0.25, 0.3) is 16.0 Å². The number of ketones is 1. The number of quaternary nitrogens is 1. The number of thiophene rings is 1. The lowest BCUT2D eigenvalue weighted by Crippen LogP contribution is -2.41. The molecule has 2 heterocycles. The number of benzene rings is 2. The van der Waals surface area contributed by atoms with Gasteiger partial charge in [-0.25, -0.2) is 4.79 Å². The van der Waals surface area contributed by atoms with E-state index in [1.165, 1.54) is 0 Å². The van der Waals surface area contributed by atoms with Crippen LogP contribution in [0.4, 0.5) is 10.5 Å². The minimum atomic E-state index is -0.200. The lowest BCUT2D eigenvalue weighted by molar-refractivity contribution is -0.712. The molecule has 5 nitrogen and oxygen atoms in total. The summed E-state index contributed by atoms with van der Waals surface area (Å²) < 4.78 is 5.52. The van der Waals surface area contributed by atoms with Crippen LogP contribution < -0.4 is 10.1 Å². The van der Waals surface area contributed by atoms with Crippen molar-refractivity contribution in [2.75, 3.05) is 19.5 Å². The van der Waals surface area contributed by atoms with E-state index in [0.717, 1.165) is 10.4 Å². The Labute approximate surface area is 191 Å². The molecule has 3 aromatic rings. The zero-order valence-electron chi connectivity index (χ0n) is 17.9. The summed E-state index contributed by atoms with van der Waals surface area (Å²) in [5, 5.41) is 4.88. The van der Waals surface area contributed by atoms with E-state index in [1.54, 1.807) is 62.2 Å². The first-order chi connectivity index (χ1) is 15.4. The molecule has 0 radical (unpaired) electrons. The van der Waals surface area contributed by atoms with Crippen molar-refractivity contribution in [3.63, 3.8) is 0 Å². The number of nitrogens with one attached hydrogen (secondary N) is 1. The van der Waals surface area contributed by atoms with Gasteiger partial charge >= 0.3 is 6.03 Å². The number of hydrogen-bond donors (Lipinski definition) is 1. The zero-order chi connectivity index (χ0) is 22.7. The van der Waals surface area contributed by atoms with E-state index in [2.05, 4.69) is 11.9 Å².